The van der Waals surface area contributed by atoms with E-state index in [1.807, 2.05) is 0 Å². The van der Waals surface area contributed by atoms with Crippen molar-refractivity contribution in [1.82, 2.24) is 0 Å². The molecule has 0 bridgehead atoms. The number of phenols is 1. The number of benzene rings is 1. The smallest absolute Gasteiger partial charge is 0.379 e. The Morgan fingerprint density at radius 3 is 2.63 bits per heavy atom. The van der Waals surface area contributed by atoms with Crippen LogP contribution in [0.15, 0.2) is 18.2 Å². The van der Waals surface area contributed by atoms with E-state index < -0.39 is 17.9 Å². The molecule has 0 saturated carbocycles. The number of para-hydroxylation sites is 1. The predicted molar refractivity (Wildman–Crippen MR) is 68.6 cm³/mol. The summed E-state index contributed by atoms with van der Waals surface area (Å²) in [6, 6.07) is 2.33. The second kappa shape index (κ2) is 6.68. The summed E-state index contributed by atoms with van der Waals surface area (Å²) >= 11 is 0. The van der Waals surface area contributed by atoms with Crippen molar-refractivity contribution < 1.29 is 23.4 Å². The van der Waals surface area contributed by atoms with E-state index in [9.17, 15) is 18.7 Å². The average Bonchev–Trinajstić information content (AvgIpc) is 2.32. The third-order valence-electron chi connectivity index (χ3n) is 2.54. The fraction of sp³-hybridized carbons (Fsp3) is 0.417. The Bertz CT molecular complexity index is 455. The Kier molecular flexibility index (Phi) is 6.18. The van der Waals surface area contributed by atoms with Crippen LogP contribution < -0.4 is 5.73 Å². The highest BCUT2D eigenvalue weighted by molar-refractivity contribution is 5.85. The first kappa shape index (κ1) is 17.6. The first-order valence-corrected chi connectivity index (χ1v) is 5.41. The Hall–Kier alpha value is -1.40. The van der Waals surface area contributed by atoms with Crippen molar-refractivity contribution in [1.29, 1.82) is 0 Å². The number of hydrogen-bond donors (Lipinski definition) is 2. The van der Waals surface area contributed by atoms with Crippen molar-refractivity contribution >= 4 is 18.4 Å². The maximum atomic E-state index is 13.7. The predicted octanol–water partition coefficient (Wildman–Crippen LogP) is 2.32. The number of halogens is 3. The van der Waals surface area contributed by atoms with E-state index >= 15 is 0 Å². The standard InChI is InChI=1S/C12H15F2NO3.ClH/c1-3-18-11(17)12(13,14)10(15)8-6-4-5-7(2)9(8)16;/h4-6,10,16H,3,15H2,1-2H3;1H/t10-;/m0./s1. The van der Waals surface area contributed by atoms with E-state index in [-0.39, 0.29) is 30.3 Å². The number of carbonyl (C=O) groups is 1. The molecule has 0 unspecified atom stereocenters. The lowest BCUT2D eigenvalue weighted by Gasteiger charge is -2.22. The Morgan fingerprint density at radius 1 is 1.53 bits per heavy atom. The zero-order chi connectivity index (χ0) is 13.9. The molecule has 1 atom stereocenters. The average molecular weight is 296 g/mol. The van der Waals surface area contributed by atoms with Gasteiger partial charge < -0.3 is 15.6 Å². The Labute approximate surface area is 116 Å². The molecule has 0 aliphatic heterocycles. The molecule has 0 heterocycles. The summed E-state index contributed by atoms with van der Waals surface area (Å²) in [5.74, 6) is -5.92. The second-order valence-electron chi connectivity index (χ2n) is 3.83. The van der Waals surface area contributed by atoms with Crippen LogP contribution in [0.3, 0.4) is 0 Å². The minimum absolute atomic E-state index is 0. The molecule has 0 aromatic heterocycles. The van der Waals surface area contributed by atoms with Crippen LogP contribution in [-0.2, 0) is 9.53 Å². The quantitative estimate of drug-likeness (QED) is 0.836. The zero-order valence-electron chi connectivity index (χ0n) is 10.5. The lowest BCUT2D eigenvalue weighted by molar-refractivity contribution is -0.174. The van der Waals surface area contributed by atoms with E-state index in [2.05, 4.69) is 4.74 Å². The fourth-order valence-electron chi connectivity index (χ4n) is 1.48. The molecule has 3 N–H and O–H groups in total. The molecular formula is C12H16ClF2NO3. The van der Waals surface area contributed by atoms with E-state index in [4.69, 9.17) is 5.73 Å². The Morgan fingerprint density at radius 2 is 2.11 bits per heavy atom. The minimum atomic E-state index is -3.89. The molecule has 1 aromatic rings. The molecule has 7 heteroatoms. The third kappa shape index (κ3) is 3.54. The molecule has 19 heavy (non-hydrogen) atoms. The highest BCUT2D eigenvalue weighted by atomic mass is 35.5. The van der Waals surface area contributed by atoms with Crippen molar-refractivity contribution in [3.63, 3.8) is 0 Å². The van der Waals surface area contributed by atoms with Crippen LogP contribution in [0, 0.1) is 6.92 Å². The number of alkyl halides is 2. The van der Waals surface area contributed by atoms with Gasteiger partial charge in [-0.15, -0.1) is 12.4 Å². The van der Waals surface area contributed by atoms with Gasteiger partial charge in [0.15, 0.2) is 0 Å². The maximum Gasteiger partial charge on any atom is 0.379 e. The summed E-state index contributed by atoms with van der Waals surface area (Å²) < 4.78 is 31.6. The summed E-state index contributed by atoms with van der Waals surface area (Å²) in [4.78, 5) is 11.1. The van der Waals surface area contributed by atoms with Gasteiger partial charge in [0.2, 0.25) is 0 Å². The largest absolute Gasteiger partial charge is 0.507 e. The van der Waals surface area contributed by atoms with E-state index in [1.165, 1.54) is 19.1 Å². The summed E-state index contributed by atoms with van der Waals surface area (Å²) in [6.45, 7) is 2.80. The lowest BCUT2D eigenvalue weighted by Crippen LogP contribution is -2.41. The van der Waals surface area contributed by atoms with Gasteiger partial charge in [-0.05, 0) is 19.4 Å². The lowest BCUT2D eigenvalue weighted by atomic mass is 9.98. The molecule has 0 amide bonds. The molecule has 0 fully saturated rings. The number of rotatable bonds is 4. The van der Waals surface area contributed by atoms with E-state index in [0.29, 0.717) is 5.56 Å². The minimum Gasteiger partial charge on any atom is -0.507 e. The zero-order valence-corrected chi connectivity index (χ0v) is 11.3. The van der Waals surface area contributed by atoms with Crippen molar-refractivity contribution in [2.75, 3.05) is 6.61 Å². The number of esters is 1. The number of ether oxygens (including phenoxy) is 1. The highest BCUT2D eigenvalue weighted by Crippen LogP contribution is 2.36. The first-order valence-electron chi connectivity index (χ1n) is 5.41. The number of hydrogen-bond acceptors (Lipinski definition) is 4. The number of aromatic hydroxyl groups is 1. The molecule has 0 saturated heterocycles. The van der Waals surface area contributed by atoms with Crippen LogP contribution in [0.4, 0.5) is 8.78 Å². The molecule has 4 nitrogen and oxygen atoms in total. The summed E-state index contributed by atoms with van der Waals surface area (Å²) in [5.41, 5.74) is 5.58. The normalized spacial score (nSPS) is 12.5. The fourth-order valence-corrected chi connectivity index (χ4v) is 1.48. The van der Waals surface area contributed by atoms with Crippen LogP contribution in [0.5, 0.6) is 5.75 Å². The van der Waals surface area contributed by atoms with Crippen LogP contribution in [0.1, 0.15) is 24.1 Å². The van der Waals surface area contributed by atoms with Crippen LogP contribution in [-0.4, -0.2) is 23.6 Å². The van der Waals surface area contributed by atoms with Crippen LogP contribution >= 0.6 is 12.4 Å². The number of aryl methyl sites for hydroxylation is 1. The summed E-state index contributed by atoms with van der Waals surface area (Å²) in [7, 11) is 0. The van der Waals surface area contributed by atoms with E-state index in [1.54, 1.807) is 13.0 Å². The monoisotopic (exact) mass is 295 g/mol. The van der Waals surface area contributed by atoms with Crippen molar-refractivity contribution in [3.8, 4) is 5.75 Å². The molecule has 1 aromatic carbocycles. The van der Waals surface area contributed by atoms with Gasteiger partial charge in [-0.2, -0.15) is 8.78 Å². The summed E-state index contributed by atoms with van der Waals surface area (Å²) in [5, 5.41) is 9.68. The molecule has 0 aliphatic carbocycles. The molecule has 0 spiro atoms. The SMILES string of the molecule is CCOC(=O)C(F)(F)[C@@H](N)c1cccc(C)c1O.Cl. The highest BCUT2D eigenvalue weighted by Gasteiger charge is 2.48. The second-order valence-corrected chi connectivity index (χ2v) is 3.83. The van der Waals surface area contributed by atoms with Crippen molar-refractivity contribution in [2.24, 2.45) is 5.73 Å². The van der Waals surface area contributed by atoms with Crippen molar-refractivity contribution in [2.45, 2.75) is 25.8 Å². The molecule has 108 valence electrons. The van der Waals surface area contributed by atoms with Gasteiger partial charge >= 0.3 is 11.9 Å². The first-order chi connectivity index (χ1) is 8.32. The van der Waals surface area contributed by atoms with Gasteiger partial charge in [-0.25, -0.2) is 4.79 Å². The molecule has 0 aliphatic rings. The number of carbonyl (C=O) groups excluding carboxylic acids is 1. The van der Waals surface area contributed by atoms with Gasteiger partial charge in [-0.1, -0.05) is 18.2 Å². The van der Waals surface area contributed by atoms with Gasteiger partial charge in [0.25, 0.3) is 0 Å². The molecule has 1 rings (SSSR count). The van der Waals surface area contributed by atoms with Crippen LogP contribution in [0.2, 0.25) is 0 Å². The summed E-state index contributed by atoms with van der Waals surface area (Å²) in [6.07, 6.45) is 0. The van der Waals surface area contributed by atoms with Gasteiger partial charge in [0.1, 0.15) is 11.8 Å². The maximum absolute atomic E-state index is 13.7. The van der Waals surface area contributed by atoms with Gasteiger partial charge in [0.05, 0.1) is 6.61 Å². The van der Waals surface area contributed by atoms with Gasteiger partial charge in [0, 0.05) is 5.56 Å². The van der Waals surface area contributed by atoms with E-state index in [0.717, 1.165) is 0 Å². The Balaban J connectivity index is 0.00000324. The molecule has 0 radical (unpaired) electrons. The topological polar surface area (TPSA) is 72.5 Å². The van der Waals surface area contributed by atoms with Gasteiger partial charge in [-0.3, -0.25) is 0 Å². The van der Waals surface area contributed by atoms with Crippen LogP contribution in [0.25, 0.3) is 0 Å². The number of phenolic OH excluding ortho intramolecular Hbond substituents is 1. The van der Waals surface area contributed by atoms with Crippen molar-refractivity contribution in [3.05, 3.63) is 29.3 Å². The number of nitrogens with two attached hydrogens (primary N) is 1. The third-order valence-corrected chi connectivity index (χ3v) is 2.54. The molecular weight excluding hydrogens is 280 g/mol.